The van der Waals surface area contributed by atoms with Crippen molar-refractivity contribution >= 4 is 66.6 Å². The van der Waals surface area contributed by atoms with Crippen molar-refractivity contribution in [1.29, 1.82) is 0 Å². The fourth-order valence-electron chi connectivity index (χ4n) is 0. The van der Waals surface area contributed by atoms with E-state index in [-0.39, 0.29) is 83.7 Å². The summed E-state index contributed by atoms with van der Waals surface area (Å²) in [5.41, 5.74) is 0. The molecule has 0 spiro atoms. The van der Waals surface area contributed by atoms with Crippen LogP contribution in [-0.4, -0.2) is 66.6 Å². The van der Waals surface area contributed by atoms with Crippen molar-refractivity contribution in [3.8, 4) is 0 Å². The molecule has 0 aromatic heterocycles. The molecule has 0 amide bonds. The number of rotatable bonds is 0. The first-order valence-corrected chi connectivity index (χ1v) is 0. The first-order valence-electron chi connectivity index (χ1n) is 0. The van der Waals surface area contributed by atoms with Gasteiger partial charge in [0, 0.05) is 17.1 Å². The van der Waals surface area contributed by atoms with Gasteiger partial charge in [-0.2, -0.15) is 0 Å². The Bertz CT molecular complexity index is 8.00. The van der Waals surface area contributed by atoms with Crippen LogP contribution in [-0.2, 0) is 17.1 Å². The third-order valence-electron chi connectivity index (χ3n) is 0. The summed E-state index contributed by atoms with van der Waals surface area (Å²) in [6, 6.07) is 0. The van der Waals surface area contributed by atoms with Gasteiger partial charge in [-0.25, -0.2) is 0 Å². The molecule has 1 radical (unpaired) electrons. The average Bonchev–Trinajstić information content (AvgIpc) is 0. The Morgan fingerprint density at radius 1 is 1.00 bits per heavy atom. The van der Waals surface area contributed by atoms with Crippen molar-refractivity contribution in [2.75, 3.05) is 0 Å². The fourth-order valence-corrected chi connectivity index (χ4v) is 0. The zero-order valence-corrected chi connectivity index (χ0v) is 7.76. The Hall–Kier alpha value is 2.70. The molecule has 4 heteroatoms. The third-order valence-corrected chi connectivity index (χ3v) is 0. The molecule has 25 valence electrons. The van der Waals surface area contributed by atoms with E-state index in [4.69, 9.17) is 0 Å². The molecule has 4 heavy (non-hydrogen) atoms. The van der Waals surface area contributed by atoms with Crippen LogP contribution < -0.4 is 0 Å². The third kappa shape index (κ3) is 8.83. The Labute approximate surface area is 82.4 Å². The van der Waals surface area contributed by atoms with E-state index in [1.54, 1.807) is 0 Å². The van der Waals surface area contributed by atoms with Crippen molar-refractivity contribution in [1.82, 2.24) is 0 Å². The van der Waals surface area contributed by atoms with Gasteiger partial charge in [-0.3, -0.25) is 0 Å². The Balaban J connectivity index is 0. The zero-order chi connectivity index (χ0) is 0. The maximum absolute atomic E-state index is 0. The summed E-state index contributed by atoms with van der Waals surface area (Å²) in [5.74, 6) is 0. The van der Waals surface area contributed by atoms with Crippen LogP contribution in [0.25, 0.3) is 0 Å². The van der Waals surface area contributed by atoms with Crippen molar-refractivity contribution < 1.29 is 17.1 Å². The average molecular weight is 323 g/mol. The normalized spacial score (nSPS) is 0. The van der Waals surface area contributed by atoms with E-state index in [1.807, 2.05) is 0 Å². The van der Waals surface area contributed by atoms with Crippen LogP contribution in [0.4, 0.5) is 0 Å². The minimum absolute atomic E-state index is 0. The summed E-state index contributed by atoms with van der Waals surface area (Å²) in [6.45, 7) is 0. The summed E-state index contributed by atoms with van der Waals surface area (Å²) in [6.07, 6.45) is 0. The second kappa shape index (κ2) is 17.3. The first kappa shape index (κ1) is 29.9. The molecular formula is H8AlBiMgMn. The molecule has 0 aliphatic carbocycles. The Kier molecular flexibility index (Phi) is 129. The largest absolute Gasteiger partial charge is 0.316 e. The molecular weight excluding hydrogens is 315 g/mol. The van der Waals surface area contributed by atoms with E-state index in [0.29, 0.717) is 0 Å². The molecule has 0 saturated carbocycles. The van der Waals surface area contributed by atoms with Crippen molar-refractivity contribution in [2.24, 2.45) is 0 Å². The van der Waals surface area contributed by atoms with Crippen molar-refractivity contribution in [3.05, 3.63) is 0 Å². The van der Waals surface area contributed by atoms with Gasteiger partial charge in [-0.15, -0.1) is 0 Å². The van der Waals surface area contributed by atoms with Gasteiger partial charge in [0.2, 0.25) is 0 Å². The standard InChI is InChI=1S/Al.Bi.Mg.Mn.8H. The molecule has 0 unspecified atom stereocenters. The van der Waals surface area contributed by atoms with Crippen LogP contribution in [0.2, 0.25) is 0 Å². The van der Waals surface area contributed by atoms with Gasteiger partial charge in [-0.05, 0) is 0 Å². The van der Waals surface area contributed by atoms with E-state index < -0.39 is 0 Å². The predicted octanol–water partition coefficient (Wildman–Crippen LogP) is -3.29. The zero-order valence-electron chi connectivity index (χ0n) is 1.09. The van der Waals surface area contributed by atoms with E-state index in [9.17, 15) is 0 Å². The molecule has 0 bridgehead atoms. The smallest absolute Gasteiger partial charge is 0 e. The second-order valence-electron chi connectivity index (χ2n) is 0. The van der Waals surface area contributed by atoms with Crippen LogP contribution in [0.3, 0.4) is 0 Å². The summed E-state index contributed by atoms with van der Waals surface area (Å²) >= 11 is 0. The van der Waals surface area contributed by atoms with Crippen molar-refractivity contribution in [3.63, 3.8) is 0 Å². The van der Waals surface area contributed by atoms with E-state index in [2.05, 4.69) is 0 Å². The molecule has 0 rings (SSSR count). The summed E-state index contributed by atoms with van der Waals surface area (Å²) in [7, 11) is 0. The van der Waals surface area contributed by atoms with E-state index in [0.717, 1.165) is 0 Å². The molecule has 0 atom stereocenters. The van der Waals surface area contributed by atoms with Crippen LogP contribution in [0.15, 0.2) is 0 Å². The predicted molar refractivity (Wildman–Crippen MR) is 28.4 cm³/mol. The topological polar surface area (TPSA) is 0 Å². The monoisotopic (exact) mass is 323 g/mol. The van der Waals surface area contributed by atoms with Gasteiger partial charge >= 0.3 is 49.3 Å². The van der Waals surface area contributed by atoms with Crippen LogP contribution in [0.5, 0.6) is 0 Å². The molecule has 0 aromatic carbocycles. The maximum Gasteiger partial charge on any atom is 0.316 e. The van der Waals surface area contributed by atoms with E-state index >= 15 is 0 Å². The van der Waals surface area contributed by atoms with Gasteiger partial charge in [0.15, 0.2) is 17.4 Å². The molecule has 0 N–H and O–H groups in total. The van der Waals surface area contributed by atoms with Crippen LogP contribution in [0.1, 0.15) is 0 Å². The van der Waals surface area contributed by atoms with Crippen LogP contribution >= 0.6 is 0 Å². The molecule has 0 saturated heterocycles. The first-order chi connectivity index (χ1) is 0. The molecule has 0 fully saturated rings. The Morgan fingerprint density at radius 3 is 1.00 bits per heavy atom. The quantitative estimate of drug-likeness (QED) is 0.410. The second-order valence-corrected chi connectivity index (χ2v) is 0. The van der Waals surface area contributed by atoms with Gasteiger partial charge < -0.3 is 0 Å². The van der Waals surface area contributed by atoms with Gasteiger partial charge in [0.25, 0.3) is 0 Å². The summed E-state index contributed by atoms with van der Waals surface area (Å²) in [5, 5.41) is 0. The van der Waals surface area contributed by atoms with Gasteiger partial charge in [-0.1, -0.05) is 0 Å². The van der Waals surface area contributed by atoms with E-state index in [1.165, 1.54) is 0 Å². The molecule has 0 aliphatic heterocycles. The van der Waals surface area contributed by atoms with Gasteiger partial charge in [0.05, 0.1) is 0 Å². The van der Waals surface area contributed by atoms with Crippen LogP contribution in [0, 0.1) is 0 Å². The maximum atomic E-state index is 0. The molecule has 0 aliphatic rings. The fraction of sp³-hybridized carbons (Fsp3) is 0. The van der Waals surface area contributed by atoms with Gasteiger partial charge in [0.1, 0.15) is 0 Å². The van der Waals surface area contributed by atoms with Crippen molar-refractivity contribution in [2.45, 2.75) is 0 Å². The molecule has 0 nitrogen and oxygen atoms in total. The summed E-state index contributed by atoms with van der Waals surface area (Å²) < 4.78 is 0. The summed E-state index contributed by atoms with van der Waals surface area (Å²) in [4.78, 5) is 0. The molecule has 0 aromatic rings. The SMILES string of the molecule is [AlH3].[BiH3].[MgH2].[Mn]. The molecule has 0 heterocycles. The minimum atomic E-state index is 0. The number of hydrogen-bond acceptors (Lipinski definition) is 0. The Morgan fingerprint density at radius 2 is 1.00 bits per heavy atom. The number of hydrogen-bond donors (Lipinski definition) is 0. The minimum Gasteiger partial charge on any atom is 0 e.